The van der Waals surface area contributed by atoms with E-state index >= 15 is 0 Å². The standard InChI is InChI=1S/C15H16N2O3/c1-10-6-11(2)17(15(19)7-10)16-9-12-4-5-13(18)14(8-12)20-3/h4-9,18H,1-3H3. The smallest absolute Gasteiger partial charge is 0.271 e. The average Bonchev–Trinajstić information content (AvgIpc) is 2.39. The second-order valence-corrected chi connectivity index (χ2v) is 4.50. The predicted molar refractivity (Wildman–Crippen MR) is 77.8 cm³/mol. The lowest BCUT2D eigenvalue weighted by Crippen LogP contribution is -2.18. The fourth-order valence-corrected chi connectivity index (χ4v) is 1.91. The van der Waals surface area contributed by atoms with Gasteiger partial charge in [-0.15, -0.1) is 0 Å². The van der Waals surface area contributed by atoms with E-state index in [9.17, 15) is 9.90 Å². The number of benzene rings is 1. The molecular weight excluding hydrogens is 256 g/mol. The molecule has 1 aromatic carbocycles. The first-order chi connectivity index (χ1) is 9.51. The summed E-state index contributed by atoms with van der Waals surface area (Å²) in [5.74, 6) is 0.426. The topological polar surface area (TPSA) is 63.8 Å². The highest BCUT2D eigenvalue weighted by Crippen LogP contribution is 2.25. The number of hydrogen-bond acceptors (Lipinski definition) is 4. The third kappa shape index (κ3) is 2.88. The van der Waals surface area contributed by atoms with Gasteiger partial charge in [0, 0.05) is 11.8 Å². The summed E-state index contributed by atoms with van der Waals surface area (Å²) in [4.78, 5) is 11.8. The number of ether oxygens (including phenoxy) is 1. The van der Waals surface area contributed by atoms with Gasteiger partial charge >= 0.3 is 0 Å². The number of phenolic OH excluding ortho intramolecular Hbond substituents is 1. The van der Waals surface area contributed by atoms with Gasteiger partial charge in [0.15, 0.2) is 11.5 Å². The molecule has 0 unspecified atom stereocenters. The van der Waals surface area contributed by atoms with Crippen molar-refractivity contribution in [3.8, 4) is 11.5 Å². The first-order valence-corrected chi connectivity index (χ1v) is 6.13. The Hall–Kier alpha value is -2.56. The number of pyridine rings is 1. The van der Waals surface area contributed by atoms with Crippen LogP contribution in [0.5, 0.6) is 11.5 Å². The van der Waals surface area contributed by atoms with Crippen molar-refractivity contribution in [1.29, 1.82) is 0 Å². The van der Waals surface area contributed by atoms with Crippen LogP contribution >= 0.6 is 0 Å². The molecule has 2 rings (SSSR count). The summed E-state index contributed by atoms with van der Waals surface area (Å²) in [6.07, 6.45) is 1.55. The maximum Gasteiger partial charge on any atom is 0.271 e. The first kappa shape index (κ1) is 13.9. The molecule has 5 nitrogen and oxygen atoms in total. The van der Waals surface area contributed by atoms with Crippen molar-refractivity contribution >= 4 is 6.21 Å². The summed E-state index contributed by atoms with van der Waals surface area (Å²) in [5.41, 5.74) is 2.22. The highest BCUT2D eigenvalue weighted by atomic mass is 16.5. The van der Waals surface area contributed by atoms with Crippen molar-refractivity contribution in [3.63, 3.8) is 0 Å². The fraction of sp³-hybridized carbons (Fsp3) is 0.200. The molecule has 0 saturated heterocycles. The number of aryl methyl sites for hydroxylation is 2. The summed E-state index contributed by atoms with van der Waals surface area (Å²) in [5, 5.41) is 13.7. The lowest BCUT2D eigenvalue weighted by Gasteiger charge is -2.05. The molecule has 0 bridgehead atoms. The fourth-order valence-electron chi connectivity index (χ4n) is 1.91. The van der Waals surface area contributed by atoms with E-state index < -0.39 is 0 Å². The van der Waals surface area contributed by atoms with Crippen LogP contribution in [0.25, 0.3) is 0 Å². The molecular formula is C15H16N2O3. The maximum absolute atomic E-state index is 11.8. The molecule has 0 atom stereocenters. The molecule has 104 valence electrons. The molecule has 0 aliphatic carbocycles. The summed E-state index contributed by atoms with van der Waals surface area (Å²) >= 11 is 0. The van der Waals surface area contributed by atoms with Crippen molar-refractivity contribution in [3.05, 3.63) is 57.5 Å². The van der Waals surface area contributed by atoms with Gasteiger partial charge in [-0.25, -0.2) is 4.68 Å². The Morgan fingerprint density at radius 2 is 2.00 bits per heavy atom. The number of phenols is 1. The maximum atomic E-state index is 11.8. The summed E-state index contributed by atoms with van der Waals surface area (Å²) in [6.45, 7) is 3.69. The van der Waals surface area contributed by atoms with E-state index in [4.69, 9.17) is 4.74 Å². The van der Waals surface area contributed by atoms with E-state index in [1.54, 1.807) is 18.3 Å². The van der Waals surface area contributed by atoms with Crippen LogP contribution in [0.4, 0.5) is 0 Å². The Balaban J connectivity index is 2.37. The van der Waals surface area contributed by atoms with Crippen molar-refractivity contribution < 1.29 is 9.84 Å². The molecule has 1 N–H and O–H groups in total. The molecule has 20 heavy (non-hydrogen) atoms. The van der Waals surface area contributed by atoms with E-state index in [1.165, 1.54) is 23.9 Å². The van der Waals surface area contributed by atoms with Gasteiger partial charge in [0.05, 0.1) is 13.3 Å². The Labute approximate surface area is 116 Å². The second kappa shape index (κ2) is 5.61. The summed E-state index contributed by atoms with van der Waals surface area (Å²) < 4.78 is 6.35. The molecule has 1 aromatic heterocycles. The SMILES string of the molecule is COc1cc(C=Nn2c(C)cc(C)cc2=O)ccc1O. The van der Waals surface area contributed by atoms with Crippen molar-refractivity contribution in [2.75, 3.05) is 7.11 Å². The van der Waals surface area contributed by atoms with Crippen LogP contribution in [-0.2, 0) is 0 Å². The van der Waals surface area contributed by atoms with Crippen LogP contribution in [0, 0.1) is 13.8 Å². The Kier molecular flexibility index (Phi) is 3.89. The van der Waals surface area contributed by atoms with Gasteiger partial charge in [-0.1, -0.05) is 0 Å². The van der Waals surface area contributed by atoms with E-state index in [0.717, 1.165) is 16.8 Å². The van der Waals surface area contributed by atoms with Crippen molar-refractivity contribution in [2.24, 2.45) is 5.10 Å². The van der Waals surface area contributed by atoms with Crippen LogP contribution in [0.15, 0.2) is 40.2 Å². The van der Waals surface area contributed by atoms with E-state index in [2.05, 4.69) is 5.10 Å². The highest BCUT2D eigenvalue weighted by Gasteiger charge is 2.02. The zero-order chi connectivity index (χ0) is 14.7. The second-order valence-electron chi connectivity index (χ2n) is 4.50. The monoisotopic (exact) mass is 272 g/mol. The molecule has 5 heteroatoms. The number of methoxy groups -OCH3 is 1. The molecule has 0 amide bonds. The van der Waals surface area contributed by atoms with Crippen molar-refractivity contribution in [1.82, 2.24) is 4.68 Å². The Morgan fingerprint density at radius 1 is 1.25 bits per heavy atom. The Morgan fingerprint density at radius 3 is 2.65 bits per heavy atom. The third-order valence-corrected chi connectivity index (χ3v) is 2.86. The average molecular weight is 272 g/mol. The molecule has 0 fully saturated rings. The van der Waals surface area contributed by atoms with Crippen LogP contribution in [0.1, 0.15) is 16.8 Å². The molecule has 0 aliphatic rings. The van der Waals surface area contributed by atoms with Gasteiger partial charge in [-0.05, 0) is 49.2 Å². The molecule has 0 saturated carbocycles. The largest absolute Gasteiger partial charge is 0.504 e. The quantitative estimate of drug-likeness (QED) is 0.870. The number of nitrogens with zero attached hydrogens (tertiary/aromatic N) is 2. The zero-order valence-electron chi connectivity index (χ0n) is 11.6. The lowest BCUT2D eigenvalue weighted by atomic mass is 10.2. The van der Waals surface area contributed by atoms with Gasteiger partial charge in [0.2, 0.25) is 0 Å². The highest BCUT2D eigenvalue weighted by molar-refractivity contribution is 5.80. The minimum atomic E-state index is -0.176. The lowest BCUT2D eigenvalue weighted by molar-refractivity contribution is 0.373. The van der Waals surface area contributed by atoms with Crippen LogP contribution < -0.4 is 10.3 Å². The van der Waals surface area contributed by atoms with Gasteiger partial charge in [-0.3, -0.25) is 4.79 Å². The summed E-state index contributed by atoms with van der Waals surface area (Å²) in [7, 11) is 1.48. The van der Waals surface area contributed by atoms with Gasteiger partial charge in [-0.2, -0.15) is 5.10 Å². The van der Waals surface area contributed by atoms with Gasteiger partial charge in [0.25, 0.3) is 5.56 Å². The number of hydrogen-bond donors (Lipinski definition) is 1. The molecule has 0 aliphatic heterocycles. The minimum Gasteiger partial charge on any atom is -0.504 e. The first-order valence-electron chi connectivity index (χ1n) is 6.13. The molecule has 0 radical (unpaired) electrons. The third-order valence-electron chi connectivity index (χ3n) is 2.86. The van der Waals surface area contributed by atoms with E-state index in [0.29, 0.717) is 5.75 Å². The van der Waals surface area contributed by atoms with E-state index in [1.807, 2.05) is 19.9 Å². The molecule has 0 spiro atoms. The number of aromatic hydroxyl groups is 1. The van der Waals surface area contributed by atoms with Gasteiger partial charge in [0.1, 0.15) is 0 Å². The number of aromatic nitrogens is 1. The number of rotatable bonds is 3. The molecule has 2 aromatic rings. The predicted octanol–water partition coefficient (Wildman–Crippen LogP) is 2.06. The normalized spacial score (nSPS) is 10.9. The van der Waals surface area contributed by atoms with Crippen molar-refractivity contribution in [2.45, 2.75) is 13.8 Å². The van der Waals surface area contributed by atoms with E-state index in [-0.39, 0.29) is 11.3 Å². The van der Waals surface area contributed by atoms with Crippen LogP contribution in [0.2, 0.25) is 0 Å². The minimum absolute atomic E-state index is 0.0633. The zero-order valence-corrected chi connectivity index (χ0v) is 11.6. The van der Waals surface area contributed by atoms with Gasteiger partial charge < -0.3 is 9.84 Å². The Bertz CT molecular complexity index is 718. The summed E-state index contributed by atoms with van der Waals surface area (Å²) in [6, 6.07) is 8.27. The van der Waals surface area contributed by atoms with Crippen LogP contribution in [0.3, 0.4) is 0 Å². The van der Waals surface area contributed by atoms with Crippen LogP contribution in [-0.4, -0.2) is 23.1 Å². The molecule has 1 heterocycles.